The topological polar surface area (TPSA) is 102 Å². The molecule has 0 saturated carbocycles. The Bertz CT molecular complexity index is 1490. The Kier molecular flexibility index (Phi) is 6.85. The zero-order valence-electron chi connectivity index (χ0n) is 20.6. The Labute approximate surface area is 213 Å². The first-order valence-corrected chi connectivity index (χ1v) is 11.8. The SMILES string of the molecule is COc1ccc(CCN(Cc2cc3cc4c(cc3[nH]c2=O)OCO4)C(=O)Nc2ccccc2)cc1OC. The average Bonchev–Trinajstić information content (AvgIpc) is 3.37. The van der Waals surface area contributed by atoms with Gasteiger partial charge in [0.15, 0.2) is 23.0 Å². The van der Waals surface area contributed by atoms with E-state index in [-0.39, 0.29) is 24.9 Å². The molecule has 0 atom stereocenters. The number of benzene rings is 3. The molecule has 2 amide bonds. The van der Waals surface area contributed by atoms with Crippen LogP contribution in [0.4, 0.5) is 10.5 Å². The van der Waals surface area contributed by atoms with Crippen molar-refractivity contribution < 1.29 is 23.7 Å². The number of nitrogens with zero attached hydrogens (tertiary/aromatic N) is 1. The lowest BCUT2D eigenvalue weighted by molar-refractivity contribution is 0.174. The van der Waals surface area contributed by atoms with Crippen LogP contribution < -0.4 is 29.8 Å². The van der Waals surface area contributed by atoms with E-state index >= 15 is 0 Å². The molecular weight excluding hydrogens is 474 g/mol. The number of anilines is 1. The lowest BCUT2D eigenvalue weighted by Crippen LogP contribution is -2.37. The minimum atomic E-state index is -0.308. The summed E-state index contributed by atoms with van der Waals surface area (Å²) in [5.41, 5.74) is 2.47. The molecule has 5 rings (SSSR count). The van der Waals surface area contributed by atoms with Crippen LogP contribution in [0.5, 0.6) is 23.0 Å². The Hall–Kier alpha value is -4.66. The van der Waals surface area contributed by atoms with Gasteiger partial charge in [0, 0.05) is 29.2 Å². The summed E-state index contributed by atoms with van der Waals surface area (Å²) in [6, 6.07) is 19.9. The van der Waals surface area contributed by atoms with Gasteiger partial charge >= 0.3 is 6.03 Å². The number of aromatic amines is 1. The number of H-pyrrole nitrogens is 1. The molecule has 1 aromatic heterocycles. The molecule has 4 aromatic rings. The van der Waals surface area contributed by atoms with Gasteiger partial charge in [-0.2, -0.15) is 0 Å². The molecule has 1 aliphatic rings. The Morgan fingerprint density at radius 1 is 0.973 bits per heavy atom. The number of para-hydroxylation sites is 1. The molecule has 2 heterocycles. The predicted octanol–water partition coefficient (Wildman–Crippen LogP) is 4.55. The lowest BCUT2D eigenvalue weighted by atomic mass is 10.1. The number of urea groups is 1. The summed E-state index contributed by atoms with van der Waals surface area (Å²) in [4.78, 5) is 30.8. The number of ether oxygens (including phenoxy) is 4. The first-order chi connectivity index (χ1) is 18.0. The van der Waals surface area contributed by atoms with Gasteiger partial charge in [0.1, 0.15) is 0 Å². The second-order valence-electron chi connectivity index (χ2n) is 8.57. The Morgan fingerprint density at radius 3 is 2.49 bits per heavy atom. The molecule has 190 valence electrons. The van der Waals surface area contributed by atoms with Crippen LogP contribution in [0.2, 0.25) is 0 Å². The lowest BCUT2D eigenvalue weighted by Gasteiger charge is -2.23. The smallest absolute Gasteiger partial charge is 0.322 e. The fraction of sp³-hybridized carbons (Fsp3) is 0.214. The van der Waals surface area contributed by atoms with Crippen LogP contribution in [0.1, 0.15) is 11.1 Å². The molecule has 2 N–H and O–H groups in total. The third kappa shape index (κ3) is 5.30. The number of methoxy groups -OCH3 is 2. The van der Waals surface area contributed by atoms with Crippen molar-refractivity contribution in [2.24, 2.45) is 0 Å². The van der Waals surface area contributed by atoms with Crippen LogP contribution >= 0.6 is 0 Å². The summed E-state index contributed by atoms with van der Waals surface area (Å²) in [6.07, 6.45) is 0.548. The monoisotopic (exact) mass is 501 g/mol. The molecule has 0 spiro atoms. The standard InChI is InChI=1S/C28H27N3O6/c1-34-23-9-8-18(12-24(23)35-2)10-11-31(28(33)29-21-6-4-3-5-7-21)16-20-13-19-14-25-26(37-17-36-25)15-22(19)30-27(20)32/h3-9,12-15H,10-11,16-17H2,1-2H3,(H,29,33)(H,30,32). The van der Waals surface area contributed by atoms with Gasteiger partial charge in [-0.1, -0.05) is 24.3 Å². The van der Waals surface area contributed by atoms with Crippen LogP contribution in [0, 0.1) is 0 Å². The maximum atomic E-state index is 13.3. The molecule has 0 bridgehead atoms. The van der Waals surface area contributed by atoms with Gasteiger partial charge in [-0.3, -0.25) is 4.79 Å². The first kappa shape index (κ1) is 24.1. The van der Waals surface area contributed by atoms with Gasteiger partial charge in [0.25, 0.3) is 5.56 Å². The summed E-state index contributed by atoms with van der Waals surface area (Å²) in [5, 5.41) is 3.72. The molecule has 9 heteroatoms. The van der Waals surface area contributed by atoms with E-state index in [1.165, 1.54) is 0 Å². The van der Waals surface area contributed by atoms with Crippen molar-refractivity contribution in [3.8, 4) is 23.0 Å². The molecule has 0 saturated heterocycles. The highest BCUT2D eigenvalue weighted by atomic mass is 16.7. The quantitative estimate of drug-likeness (QED) is 0.367. The van der Waals surface area contributed by atoms with E-state index in [1.54, 1.807) is 31.3 Å². The molecule has 0 fully saturated rings. The number of rotatable bonds is 8. The Balaban J connectivity index is 1.41. The van der Waals surface area contributed by atoms with Crippen LogP contribution in [-0.2, 0) is 13.0 Å². The summed E-state index contributed by atoms with van der Waals surface area (Å²) >= 11 is 0. The molecular formula is C28H27N3O6. The van der Waals surface area contributed by atoms with Gasteiger partial charge in [0.2, 0.25) is 6.79 Å². The fourth-order valence-corrected chi connectivity index (χ4v) is 4.24. The largest absolute Gasteiger partial charge is 0.493 e. The molecule has 37 heavy (non-hydrogen) atoms. The van der Waals surface area contributed by atoms with Crippen molar-refractivity contribution in [2.45, 2.75) is 13.0 Å². The molecule has 1 aliphatic heterocycles. The number of fused-ring (bicyclic) bond motifs is 2. The predicted molar refractivity (Wildman–Crippen MR) is 140 cm³/mol. The summed E-state index contributed by atoms with van der Waals surface area (Å²) in [7, 11) is 3.17. The zero-order valence-corrected chi connectivity index (χ0v) is 20.6. The average molecular weight is 502 g/mol. The van der Waals surface area contributed by atoms with Crippen molar-refractivity contribution >= 4 is 22.6 Å². The van der Waals surface area contributed by atoms with Crippen molar-refractivity contribution in [3.63, 3.8) is 0 Å². The third-order valence-corrected chi connectivity index (χ3v) is 6.21. The molecule has 0 unspecified atom stereocenters. The first-order valence-electron chi connectivity index (χ1n) is 11.8. The summed E-state index contributed by atoms with van der Waals surface area (Å²) in [6.45, 7) is 0.630. The number of pyridine rings is 1. The van der Waals surface area contributed by atoms with E-state index in [1.807, 2.05) is 54.6 Å². The number of nitrogens with one attached hydrogen (secondary N) is 2. The van der Waals surface area contributed by atoms with Crippen LogP contribution in [0.25, 0.3) is 10.9 Å². The molecule has 9 nitrogen and oxygen atoms in total. The van der Waals surface area contributed by atoms with Crippen molar-refractivity contribution in [3.05, 3.63) is 88.2 Å². The maximum Gasteiger partial charge on any atom is 0.322 e. The number of hydrogen-bond donors (Lipinski definition) is 2. The van der Waals surface area contributed by atoms with Crippen molar-refractivity contribution in [1.82, 2.24) is 9.88 Å². The maximum absolute atomic E-state index is 13.3. The molecule has 3 aromatic carbocycles. The van der Waals surface area contributed by atoms with Gasteiger partial charge in [0.05, 0.1) is 26.3 Å². The van der Waals surface area contributed by atoms with E-state index in [0.29, 0.717) is 52.7 Å². The highest BCUT2D eigenvalue weighted by Crippen LogP contribution is 2.35. The third-order valence-electron chi connectivity index (χ3n) is 6.21. The summed E-state index contributed by atoms with van der Waals surface area (Å²) in [5.74, 6) is 2.46. The number of hydrogen-bond acceptors (Lipinski definition) is 6. The number of carbonyl (C=O) groups is 1. The fourth-order valence-electron chi connectivity index (χ4n) is 4.24. The van der Waals surface area contributed by atoms with E-state index < -0.39 is 0 Å². The van der Waals surface area contributed by atoms with Gasteiger partial charge in [-0.25, -0.2) is 4.79 Å². The van der Waals surface area contributed by atoms with Crippen LogP contribution in [0.3, 0.4) is 0 Å². The van der Waals surface area contributed by atoms with E-state index in [2.05, 4.69) is 10.3 Å². The number of amides is 2. The van der Waals surface area contributed by atoms with Crippen molar-refractivity contribution in [1.29, 1.82) is 0 Å². The zero-order chi connectivity index (χ0) is 25.8. The van der Waals surface area contributed by atoms with Gasteiger partial charge < -0.3 is 34.1 Å². The summed E-state index contributed by atoms with van der Waals surface area (Å²) < 4.78 is 21.6. The van der Waals surface area contributed by atoms with Gasteiger partial charge in [-0.05, 0) is 48.4 Å². The highest BCUT2D eigenvalue weighted by molar-refractivity contribution is 5.89. The van der Waals surface area contributed by atoms with Crippen molar-refractivity contribution in [2.75, 3.05) is 32.9 Å². The Morgan fingerprint density at radius 2 is 1.73 bits per heavy atom. The van der Waals surface area contributed by atoms with Gasteiger partial charge in [-0.15, -0.1) is 0 Å². The second kappa shape index (κ2) is 10.5. The van der Waals surface area contributed by atoms with Crippen LogP contribution in [0.15, 0.2) is 71.5 Å². The molecule has 0 aliphatic carbocycles. The van der Waals surface area contributed by atoms with E-state index in [9.17, 15) is 9.59 Å². The number of aromatic nitrogens is 1. The van der Waals surface area contributed by atoms with E-state index in [4.69, 9.17) is 18.9 Å². The van der Waals surface area contributed by atoms with E-state index in [0.717, 1.165) is 10.9 Å². The van der Waals surface area contributed by atoms with Crippen LogP contribution in [-0.4, -0.2) is 43.5 Å². The molecule has 0 radical (unpaired) electrons. The minimum absolute atomic E-state index is 0.117. The second-order valence-corrected chi connectivity index (χ2v) is 8.57. The normalized spacial score (nSPS) is 11.8. The number of carbonyl (C=O) groups excluding carboxylic acids is 1. The highest BCUT2D eigenvalue weighted by Gasteiger charge is 2.19. The minimum Gasteiger partial charge on any atom is -0.493 e.